The van der Waals surface area contributed by atoms with Crippen molar-refractivity contribution in [2.24, 2.45) is 0 Å². The van der Waals surface area contributed by atoms with Gasteiger partial charge in [0.25, 0.3) is 0 Å². The highest BCUT2D eigenvalue weighted by atomic mass is 32.1. The minimum absolute atomic E-state index is 0.129. The van der Waals surface area contributed by atoms with Crippen LogP contribution < -0.4 is 29.6 Å². The Morgan fingerprint density at radius 3 is 0.922 bits per heavy atom. The number of thiocarbonyl (C=S) groups is 2. The SMILES string of the molecule is CCCOc1c2cc(C(C)(C)C)cc1Cc1cc(C(C)(C)C)cc3c1OCC(=S)NCCNC(=S)COc1c(cc(C(C)(C)C)cc1Cc1cc(C(C)(C)C)cc(c1OCCC)C3)C2. The maximum atomic E-state index is 7.06. The minimum Gasteiger partial charge on any atom is -0.493 e. The van der Waals surface area contributed by atoms with Gasteiger partial charge in [0.2, 0.25) is 0 Å². The summed E-state index contributed by atoms with van der Waals surface area (Å²) in [6, 6.07) is 19.0. The van der Waals surface area contributed by atoms with Crippen molar-refractivity contribution < 1.29 is 18.9 Å². The van der Waals surface area contributed by atoms with Crippen molar-refractivity contribution in [2.45, 2.75) is 157 Å². The summed E-state index contributed by atoms with van der Waals surface area (Å²) >= 11 is 11.9. The lowest BCUT2D eigenvalue weighted by Gasteiger charge is -2.29. The smallest absolute Gasteiger partial charge is 0.138 e. The lowest BCUT2D eigenvalue weighted by Crippen LogP contribution is -2.37. The third-order valence-corrected chi connectivity index (χ3v) is 12.8. The van der Waals surface area contributed by atoms with Crippen LogP contribution >= 0.6 is 24.4 Å². The van der Waals surface area contributed by atoms with Crippen molar-refractivity contribution in [3.05, 3.63) is 115 Å². The van der Waals surface area contributed by atoms with Gasteiger partial charge in [0.05, 0.1) is 13.2 Å². The van der Waals surface area contributed by atoms with Gasteiger partial charge in [-0.1, -0.05) is 170 Å². The molecule has 1 aliphatic carbocycles. The van der Waals surface area contributed by atoms with Gasteiger partial charge >= 0.3 is 0 Å². The van der Waals surface area contributed by atoms with Gasteiger partial charge < -0.3 is 29.6 Å². The van der Waals surface area contributed by atoms with Gasteiger partial charge in [0.15, 0.2) is 0 Å². The number of fused-ring (bicyclic) bond motifs is 2. The van der Waals surface area contributed by atoms with E-state index >= 15 is 0 Å². The van der Waals surface area contributed by atoms with Gasteiger partial charge in [0.1, 0.15) is 46.2 Å². The lowest BCUT2D eigenvalue weighted by molar-refractivity contribution is 0.310. The van der Waals surface area contributed by atoms with E-state index in [2.05, 4.69) is 156 Å². The largest absolute Gasteiger partial charge is 0.493 e. The van der Waals surface area contributed by atoms with E-state index < -0.39 is 0 Å². The van der Waals surface area contributed by atoms with E-state index in [0.29, 0.717) is 62.0 Å². The Kier molecular flexibility index (Phi) is 15.2. The molecule has 0 fully saturated rings. The number of ether oxygens (including phenoxy) is 4. The molecule has 6 rings (SSSR count). The van der Waals surface area contributed by atoms with E-state index in [0.717, 1.165) is 80.3 Å². The summed E-state index contributed by atoms with van der Waals surface area (Å²) in [5.41, 5.74) is 13.5. The predicted octanol–water partition coefficient (Wildman–Crippen LogP) is 12.7. The first-order valence-electron chi connectivity index (χ1n) is 23.7. The van der Waals surface area contributed by atoms with Crippen LogP contribution in [0, 0.1) is 0 Å². The van der Waals surface area contributed by atoms with Gasteiger partial charge in [0, 0.05) is 38.8 Å². The highest BCUT2D eigenvalue weighted by Crippen LogP contribution is 2.44. The zero-order chi connectivity index (χ0) is 46.8. The van der Waals surface area contributed by atoms with E-state index in [4.69, 9.17) is 43.4 Å². The first kappa shape index (κ1) is 49.3. The van der Waals surface area contributed by atoms with Crippen LogP contribution in [0.1, 0.15) is 177 Å². The monoisotopic (exact) mass is 905 g/mol. The van der Waals surface area contributed by atoms with Crippen LogP contribution in [0.5, 0.6) is 23.0 Å². The Labute approximate surface area is 397 Å². The van der Waals surface area contributed by atoms with Crippen molar-refractivity contribution in [3.63, 3.8) is 0 Å². The summed E-state index contributed by atoms with van der Waals surface area (Å²) in [6.07, 6.45) is 4.24. The fourth-order valence-corrected chi connectivity index (χ4v) is 8.87. The maximum Gasteiger partial charge on any atom is 0.138 e. The normalized spacial score (nSPS) is 15.3. The molecule has 4 aromatic rings. The van der Waals surface area contributed by atoms with Gasteiger partial charge in [-0.25, -0.2) is 0 Å². The predicted molar refractivity (Wildman–Crippen MR) is 276 cm³/mol. The molecule has 0 amide bonds. The fourth-order valence-electron chi connectivity index (χ4n) is 8.55. The summed E-state index contributed by atoms with van der Waals surface area (Å²) in [5, 5.41) is 6.85. The second-order valence-corrected chi connectivity index (χ2v) is 23.2. The third kappa shape index (κ3) is 12.0. The van der Waals surface area contributed by atoms with Gasteiger partial charge in [-0.3, -0.25) is 0 Å². The van der Waals surface area contributed by atoms with E-state index in [1.807, 2.05) is 0 Å². The number of benzene rings is 4. The highest BCUT2D eigenvalue weighted by Gasteiger charge is 2.30. The summed E-state index contributed by atoms with van der Waals surface area (Å²) in [6.45, 7) is 34.8. The molecular weight excluding hydrogens is 829 g/mol. The molecule has 0 unspecified atom stereocenters. The standard InChI is InChI=1S/C56H76N2O4S2/c1-15-19-59-49-35-21-39-29-45(55(9,10)11)31-41-23-37-27-44(54(6,7)8)28-38(50(37)60-20-16-2)24-42-32-46(56(12,13)14)30-40(22-36(49)26-43(25-35)53(3,4)5)52(42)62-34-48(64)58-18-17-57-47(63)33-61-51(39)41/h25-32H,15-24,33-34H2,1-14H3,(H,57,63)(H,58,64). The van der Waals surface area contributed by atoms with Crippen LogP contribution in [0.15, 0.2) is 48.5 Å². The van der Waals surface area contributed by atoms with Gasteiger partial charge in [-0.05, 0) is 101 Å². The molecule has 2 N–H and O–H groups in total. The number of nitrogens with one attached hydrogen (secondary N) is 2. The molecule has 0 saturated heterocycles. The van der Waals surface area contributed by atoms with Crippen LogP contribution in [-0.2, 0) is 47.3 Å². The Morgan fingerprint density at radius 2 is 0.688 bits per heavy atom. The Morgan fingerprint density at radius 1 is 0.438 bits per heavy atom. The molecule has 6 nitrogen and oxygen atoms in total. The minimum atomic E-state index is -0.136. The Hall–Kier alpha value is -4.14. The van der Waals surface area contributed by atoms with Gasteiger partial charge in [-0.2, -0.15) is 0 Å². The van der Waals surface area contributed by atoms with Crippen LogP contribution in [0.2, 0.25) is 0 Å². The summed E-state index contributed by atoms with van der Waals surface area (Å²) < 4.78 is 28.0. The molecule has 0 radical (unpaired) electrons. The first-order chi connectivity index (χ1) is 30.0. The molecule has 8 heteroatoms. The van der Waals surface area contributed by atoms with E-state index in [-0.39, 0.29) is 34.9 Å². The molecule has 4 aromatic carbocycles. The lowest BCUT2D eigenvalue weighted by atomic mass is 9.79. The van der Waals surface area contributed by atoms with Crippen molar-refractivity contribution in [3.8, 4) is 23.0 Å². The molecule has 346 valence electrons. The fraction of sp³-hybridized carbons (Fsp3) is 0.536. The van der Waals surface area contributed by atoms with Crippen molar-refractivity contribution in [1.29, 1.82) is 0 Å². The molecule has 1 heterocycles. The second-order valence-electron chi connectivity index (χ2n) is 22.2. The van der Waals surface area contributed by atoms with Crippen LogP contribution in [0.25, 0.3) is 0 Å². The second kappa shape index (κ2) is 19.8. The number of hydrogen-bond donors (Lipinski definition) is 2. The van der Waals surface area contributed by atoms with Crippen molar-refractivity contribution in [1.82, 2.24) is 10.6 Å². The number of rotatable bonds is 6. The summed E-state index contributed by atoms with van der Waals surface area (Å²) in [5.74, 6) is 3.61. The molecule has 0 saturated carbocycles. The molecule has 0 atom stereocenters. The summed E-state index contributed by atoms with van der Waals surface area (Å²) in [4.78, 5) is 1.27. The van der Waals surface area contributed by atoms with Crippen molar-refractivity contribution in [2.75, 3.05) is 39.5 Å². The quantitative estimate of drug-likeness (QED) is 0.163. The van der Waals surface area contributed by atoms with Gasteiger partial charge in [-0.15, -0.1) is 0 Å². The molecular formula is C56H76N2O4S2. The maximum absolute atomic E-state index is 7.06. The number of hydrogen-bond acceptors (Lipinski definition) is 6. The van der Waals surface area contributed by atoms with E-state index in [1.54, 1.807) is 0 Å². The zero-order valence-corrected chi connectivity index (χ0v) is 43.2. The molecule has 0 spiro atoms. The van der Waals surface area contributed by atoms with E-state index in [1.165, 1.54) is 22.3 Å². The first-order valence-corrected chi connectivity index (χ1v) is 24.5. The zero-order valence-electron chi connectivity index (χ0n) is 41.6. The van der Waals surface area contributed by atoms with E-state index in [9.17, 15) is 0 Å². The Balaban J connectivity index is 1.83. The average Bonchev–Trinajstić information content (AvgIpc) is 3.18. The topological polar surface area (TPSA) is 61.0 Å². The summed E-state index contributed by atoms with van der Waals surface area (Å²) in [7, 11) is 0. The average molecular weight is 905 g/mol. The molecule has 1 aliphatic heterocycles. The van der Waals surface area contributed by atoms with Crippen LogP contribution in [0.4, 0.5) is 0 Å². The third-order valence-electron chi connectivity index (χ3n) is 12.3. The molecule has 10 bridgehead atoms. The van der Waals surface area contributed by atoms with Crippen LogP contribution in [0.3, 0.4) is 0 Å². The van der Waals surface area contributed by atoms with Crippen LogP contribution in [-0.4, -0.2) is 49.5 Å². The molecule has 2 aliphatic rings. The van der Waals surface area contributed by atoms with Crippen molar-refractivity contribution >= 4 is 34.4 Å². The highest BCUT2D eigenvalue weighted by molar-refractivity contribution is 7.80. The molecule has 0 aromatic heterocycles. The molecule has 64 heavy (non-hydrogen) atoms. The Bertz CT molecular complexity index is 2090.